The summed E-state index contributed by atoms with van der Waals surface area (Å²) in [6.07, 6.45) is 0. The third-order valence-electron chi connectivity index (χ3n) is 5.25. The minimum absolute atomic E-state index is 0.163. The van der Waals surface area contributed by atoms with Crippen LogP contribution in [0.2, 0.25) is 0 Å². The molecule has 116 valence electrons. The van der Waals surface area contributed by atoms with Crippen molar-refractivity contribution in [3.05, 3.63) is 60.2 Å². The molecule has 4 rings (SSSR count). The van der Waals surface area contributed by atoms with E-state index in [9.17, 15) is 0 Å². The summed E-state index contributed by atoms with van der Waals surface area (Å²) >= 11 is 0. The molecule has 0 aliphatic carbocycles. The molecule has 0 spiro atoms. The Balaban J connectivity index is 2.24. The standard InChI is InChI=1S/C22H22B2/c1-22(2,3)13-8-9-16-17(10-13)19-12-20(23)15-7-5-4-6-14(15)18(19)11-21(16)24/h4-12H,23-24H2,1-3H3. The molecule has 0 saturated carbocycles. The lowest BCUT2D eigenvalue weighted by Gasteiger charge is -2.21. The van der Waals surface area contributed by atoms with Crippen molar-refractivity contribution in [2.75, 3.05) is 0 Å². The largest absolute Gasteiger partial charge is 0.140 e. The topological polar surface area (TPSA) is 0 Å². The highest BCUT2D eigenvalue weighted by atomic mass is 14.2. The van der Waals surface area contributed by atoms with Crippen molar-refractivity contribution in [1.29, 1.82) is 0 Å². The smallest absolute Gasteiger partial charge is 0.0806 e. The van der Waals surface area contributed by atoms with Gasteiger partial charge in [-0.05, 0) is 43.3 Å². The zero-order valence-electron chi connectivity index (χ0n) is 15.2. The van der Waals surface area contributed by atoms with Crippen LogP contribution in [0.1, 0.15) is 26.3 Å². The Morgan fingerprint density at radius 3 is 1.71 bits per heavy atom. The van der Waals surface area contributed by atoms with Crippen LogP contribution in [0.25, 0.3) is 32.3 Å². The van der Waals surface area contributed by atoms with E-state index in [-0.39, 0.29) is 5.41 Å². The highest BCUT2D eigenvalue weighted by molar-refractivity contribution is 6.45. The molecule has 4 aromatic rings. The lowest BCUT2D eigenvalue weighted by Crippen LogP contribution is -2.12. The molecule has 0 aliphatic heterocycles. The molecule has 0 fully saturated rings. The van der Waals surface area contributed by atoms with Crippen molar-refractivity contribution < 1.29 is 0 Å². The Bertz CT molecular complexity index is 1100. The first-order valence-electron chi connectivity index (χ1n) is 8.72. The van der Waals surface area contributed by atoms with Crippen molar-refractivity contribution in [1.82, 2.24) is 0 Å². The molecule has 4 aromatic carbocycles. The van der Waals surface area contributed by atoms with Crippen molar-refractivity contribution in [3.8, 4) is 0 Å². The van der Waals surface area contributed by atoms with E-state index >= 15 is 0 Å². The van der Waals surface area contributed by atoms with Crippen LogP contribution in [0.15, 0.2) is 54.6 Å². The summed E-state index contributed by atoms with van der Waals surface area (Å²) in [6.45, 7) is 6.85. The Kier molecular flexibility index (Phi) is 3.28. The lowest BCUT2D eigenvalue weighted by atomic mass is 9.79. The van der Waals surface area contributed by atoms with Crippen molar-refractivity contribution in [3.63, 3.8) is 0 Å². The van der Waals surface area contributed by atoms with Gasteiger partial charge in [-0.1, -0.05) is 86.3 Å². The van der Waals surface area contributed by atoms with Crippen molar-refractivity contribution >= 4 is 58.9 Å². The van der Waals surface area contributed by atoms with Gasteiger partial charge in [-0.3, -0.25) is 0 Å². The van der Waals surface area contributed by atoms with Crippen LogP contribution in [0.3, 0.4) is 0 Å². The van der Waals surface area contributed by atoms with Gasteiger partial charge in [0.25, 0.3) is 0 Å². The van der Waals surface area contributed by atoms with E-state index in [0.717, 1.165) is 0 Å². The molecule has 0 bridgehead atoms. The molecular formula is C22H22B2. The van der Waals surface area contributed by atoms with Gasteiger partial charge in [0.1, 0.15) is 15.7 Å². The number of hydrogen-bond donors (Lipinski definition) is 0. The van der Waals surface area contributed by atoms with Crippen LogP contribution in [0.5, 0.6) is 0 Å². The molecule has 0 aliphatic rings. The molecule has 0 N–H and O–H groups in total. The SMILES string of the molecule is Bc1cc2c3cc(C(C)(C)C)ccc3c(B)cc2c2ccccc12. The monoisotopic (exact) mass is 308 g/mol. The Morgan fingerprint density at radius 1 is 0.583 bits per heavy atom. The van der Waals surface area contributed by atoms with Gasteiger partial charge in [0, 0.05) is 0 Å². The van der Waals surface area contributed by atoms with Gasteiger partial charge >= 0.3 is 0 Å². The third kappa shape index (κ3) is 2.24. The molecule has 0 unspecified atom stereocenters. The van der Waals surface area contributed by atoms with Crippen LogP contribution < -0.4 is 10.9 Å². The van der Waals surface area contributed by atoms with E-state index in [4.69, 9.17) is 0 Å². The molecule has 2 heteroatoms. The maximum Gasteiger partial charge on any atom is 0.140 e. The molecule has 0 nitrogen and oxygen atoms in total. The molecule has 0 saturated heterocycles. The fourth-order valence-electron chi connectivity index (χ4n) is 3.83. The predicted octanol–water partition coefficient (Wildman–Crippen LogP) is 2.96. The maximum absolute atomic E-state index is 2.40. The average molecular weight is 308 g/mol. The summed E-state index contributed by atoms with van der Waals surface area (Å²) in [4.78, 5) is 0. The van der Waals surface area contributed by atoms with Crippen molar-refractivity contribution in [2.45, 2.75) is 26.2 Å². The molecule has 0 atom stereocenters. The summed E-state index contributed by atoms with van der Waals surface area (Å²) in [5.41, 5.74) is 4.26. The van der Waals surface area contributed by atoms with E-state index in [1.165, 1.54) is 48.8 Å². The van der Waals surface area contributed by atoms with Crippen LogP contribution in [-0.4, -0.2) is 15.7 Å². The maximum atomic E-state index is 2.40. The van der Waals surface area contributed by atoms with Gasteiger partial charge in [-0.2, -0.15) is 0 Å². The van der Waals surface area contributed by atoms with Gasteiger partial charge in [-0.15, -0.1) is 0 Å². The van der Waals surface area contributed by atoms with E-state index in [1.807, 2.05) is 0 Å². The summed E-state index contributed by atoms with van der Waals surface area (Å²) < 4.78 is 0. The zero-order valence-corrected chi connectivity index (χ0v) is 15.2. The van der Waals surface area contributed by atoms with E-state index in [0.29, 0.717) is 0 Å². The minimum Gasteiger partial charge on any atom is -0.0806 e. The molecular weight excluding hydrogens is 286 g/mol. The second-order valence-electron chi connectivity index (χ2n) is 8.04. The van der Waals surface area contributed by atoms with Gasteiger partial charge in [0.15, 0.2) is 0 Å². The predicted molar refractivity (Wildman–Crippen MR) is 114 cm³/mol. The van der Waals surface area contributed by atoms with E-state index in [1.54, 1.807) is 0 Å². The normalized spacial score (nSPS) is 12.3. The van der Waals surface area contributed by atoms with Crippen LogP contribution in [0.4, 0.5) is 0 Å². The van der Waals surface area contributed by atoms with E-state index < -0.39 is 0 Å². The first-order valence-corrected chi connectivity index (χ1v) is 8.72. The molecule has 0 heterocycles. The number of benzene rings is 4. The number of rotatable bonds is 0. The molecule has 0 radical (unpaired) electrons. The molecule has 0 amide bonds. The fourth-order valence-corrected chi connectivity index (χ4v) is 3.83. The summed E-state index contributed by atoms with van der Waals surface area (Å²) in [7, 11) is 4.45. The quantitative estimate of drug-likeness (QED) is 0.346. The summed E-state index contributed by atoms with van der Waals surface area (Å²) in [5, 5.41) is 8.20. The Hall–Kier alpha value is -2.21. The first-order chi connectivity index (χ1) is 11.4. The van der Waals surface area contributed by atoms with Gasteiger partial charge in [0.05, 0.1) is 0 Å². The van der Waals surface area contributed by atoms with Crippen LogP contribution >= 0.6 is 0 Å². The lowest BCUT2D eigenvalue weighted by molar-refractivity contribution is 0.591. The number of hydrogen-bond acceptors (Lipinski definition) is 0. The summed E-state index contributed by atoms with van der Waals surface area (Å²) in [6, 6.07) is 20.5. The second kappa shape index (κ2) is 5.14. The van der Waals surface area contributed by atoms with Gasteiger partial charge in [-0.25, -0.2) is 0 Å². The van der Waals surface area contributed by atoms with E-state index in [2.05, 4.69) is 91.1 Å². The van der Waals surface area contributed by atoms with Gasteiger partial charge < -0.3 is 0 Å². The molecule has 24 heavy (non-hydrogen) atoms. The van der Waals surface area contributed by atoms with Crippen LogP contribution in [-0.2, 0) is 5.41 Å². The average Bonchev–Trinajstić information content (AvgIpc) is 2.55. The molecule has 0 aromatic heterocycles. The third-order valence-corrected chi connectivity index (χ3v) is 5.25. The van der Waals surface area contributed by atoms with Crippen LogP contribution in [0, 0.1) is 0 Å². The first kappa shape index (κ1) is 15.3. The van der Waals surface area contributed by atoms with Crippen molar-refractivity contribution in [2.24, 2.45) is 0 Å². The Labute approximate surface area is 145 Å². The Morgan fingerprint density at radius 2 is 1.08 bits per heavy atom. The van der Waals surface area contributed by atoms with Gasteiger partial charge in [0.2, 0.25) is 0 Å². The zero-order chi connectivity index (χ0) is 17.1. The summed E-state index contributed by atoms with van der Waals surface area (Å²) in [5.74, 6) is 0. The second-order valence-corrected chi connectivity index (χ2v) is 8.04. The number of fused-ring (bicyclic) bond motifs is 5. The fraction of sp³-hybridized carbons (Fsp3) is 0.182. The minimum atomic E-state index is 0.163. The highest BCUT2D eigenvalue weighted by Gasteiger charge is 2.16. The highest BCUT2D eigenvalue weighted by Crippen LogP contribution is 2.32.